The summed E-state index contributed by atoms with van der Waals surface area (Å²) in [5, 5.41) is 0. The smallest absolute Gasteiger partial charge is 0.302 e. The summed E-state index contributed by atoms with van der Waals surface area (Å²) in [7, 11) is 2.54. The largest absolute Gasteiger partial charge is 0.492 e. The first kappa shape index (κ1) is 13.0. The molecule has 0 amide bonds. The third-order valence-corrected chi connectivity index (χ3v) is 2.11. The van der Waals surface area contributed by atoms with Crippen LogP contribution in [0.5, 0.6) is 0 Å². The van der Waals surface area contributed by atoms with E-state index in [2.05, 4.69) is 4.74 Å². The Balaban J connectivity index is 3.03. The van der Waals surface area contributed by atoms with Gasteiger partial charge in [-0.3, -0.25) is 14.4 Å². The molecular formula is C11H12O6. The van der Waals surface area contributed by atoms with Crippen molar-refractivity contribution < 1.29 is 28.6 Å². The highest BCUT2D eigenvalue weighted by molar-refractivity contribution is 6.21. The third kappa shape index (κ3) is 2.72. The minimum absolute atomic E-state index is 0.00787. The first-order chi connectivity index (χ1) is 8.01. The number of Topliss-reactive ketones (excluding diaryl/α,β-unsaturated/α-hetero) is 1. The maximum absolute atomic E-state index is 11.7. The van der Waals surface area contributed by atoms with Crippen molar-refractivity contribution in [1.82, 2.24) is 0 Å². The Kier molecular flexibility index (Phi) is 4.03. The Morgan fingerprint density at radius 1 is 1.24 bits per heavy atom. The van der Waals surface area contributed by atoms with Crippen molar-refractivity contribution in [3.63, 3.8) is 0 Å². The Morgan fingerprint density at radius 3 is 2.35 bits per heavy atom. The van der Waals surface area contributed by atoms with Crippen molar-refractivity contribution in [2.45, 2.75) is 6.92 Å². The monoisotopic (exact) mass is 240 g/mol. The third-order valence-electron chi connectivity index (χ3n) is 2.11. The van der Waals surface area contributed by atoms with E-state index in [0.29, 0.717) is 0 Å². The van der Waals surface area contributed by atoms with E-state index in [4.69, 9.17) is 9.47 Å². The summed E-state index contributed by atoms with van der Waals surface area (Å²) in [6.07, 6.45) is 1.05. The van der Waals surface area contributed by atoms with Gasteiger partial charge in [0, 0.05) is 13.0 Å². The van der Waals surface area contributed by atoms with E-state index in [1.807, 2.05) is 0 Å². The van der Waals surface area contributed by atoms with Crippen molar-refractivity contribution in [1.29, 1.82) is 0 Å². The van der Waals surface area contributed by atoms with E-state index in [1.165, 1.54) is 21.1 Å². The number of ketones is 2. The van der Waals surface area contributed by atoms with Gasteiger partial charge in [-0.15, -0.1) is 0 Å². The van der Waals surface area contributed by atoms with Crippen LogP contribution in [0.3, 0.4) is 0 Å². The van der Waals surface area contributed by atoms with Gasteiger partial charge < -0.3 is 14.2 Å². The Bertz CT molecular complexity index is 429. The number of hydrogen-bond donors (Lipinski definition) is 0. The molecule has 0 aromatic heterocycles. The fraction of sp³-hybridized carbons (Fsp3) is 0.364. The molecule has 0 saturated heterocycles. The summed E-state index contributed by atoms with van der Waals surface area (Å²) in [6, 6.07) is 0. The number of esters is 1. The molecule has 1 rings (SSSR count). The van der Waals surface area contributed by atoms with Crippen molar-refractivity contribution in [3.05, 3.63) is 23.2 Å². The number of carbonyl (C=O) groups excluding carboxylic acids is 3. The van der Waals surface area contributed by atoms with Gasteiger partial charge in [0.25, 0.3) is 5.78 Å². The van der Waals surface area contributed by atoms with E-state index in [-0.39, 0.29) is 23.7 Å². The molecule has 17 heavy (non-hydrogen) atoms. The lowest BCUT2D eigenvalue weighted by Crippen LogP contribution is -2.24. The van der Waals surface area contributed by atoms with E-state index >= 15 is 0 Å². The molecule has 0 unspecified atom stereocenters. The molecule has 1 aliphatic carbocycles. The first-order valence-corrected chi connectivity index (χ1v) is 4.76. The second-order valence-corrected chi connectivity index (χ2v) is 3.20. The summed E-state index contributed by atoms with van der Waals surface area (Å²) in [6.45, 7) is 0.912. The quantitative estimate of drug-likeness (QED) is 0.513. The van der Waals surface area contributed by atoms with Gasteiger partial charge in [0.2, 0.25) is 0 Å². The molecule has 0 N–H and O–H groups in total. The molecular weight excluding hydrogens is 228 g/mol. The van der Waals surface area contributed by atoms with Crippen molar-refractivity contribution in [2.24, 2.45) is 0 Å². The zero-order chi connectivity index (χ0) is 13.0. The van der Waals surface area contributed by atoms with Crippen LogP contribution in [0.2, 0.25) is 0 Å². The van der Waals surface area contributed by atoms with Gasteiger partial charge in [-0.1, -0.05) is 0 Å². The zero-order valence-electron chi connectivity index (χ0n) is 9.73. The van der Waals surface area contributed by atoms with Crippen LogP contribution >= 0.6 is 0 Å². The number of allylic oxidation sites excluding steroid dienone is 1. The molecule has 0 aromatic carbocycles. The Labute approximate surface area is 97.8 Å². The van der Waals surface area contributed by atoms with Crippen molar-refractivity contribution in [3.8, 4) is 0 Å². The van der Waals surface area contributed by atoms with Gasteiger partial charge in [0.05, 0.1) is 19.8 Å². The van der Waals surface area contributed by atoms with Crippen LogP contribution in [0.1, 0.15) is 6.92 Å². The lowest BCUT2D eigenvalue weighted by atomic mass is 10.0. The molecule has 0 fully saturated rings. The maximum atomic E-state index is 11.7. The number of methoxy groups -OCH3 is 2. The van der Waals surface area contributed by atoms with E-state index in [1.54, 1.807) is 0 Å². The summed E-state index contributed by atoms with van der Waals surface area (Å²) < 4.78 is 14.3. The van der Waals surface area contributed by atoms with Crippen LogP contribution < -0.4 is 0 Å². The molecule has 6 nitrogen and oxygen atoms in total. The molecule has 0 bridgehead atoms. The summed E-state index contributed by atoms with van der Waals surface area (Å²) >= 11 is 0. The second kappa shape index (κ2) is 5.29. The number of ether oxygens (including phenoxy) is 3. The molecule has 0 heterocycles. The Morgan fingerprint density at radius 2 is 1.88 bits per heavy atom. The SMILES string of the molecule is COC1=CC(=O)C(COC(C)=O)=C(OC)C1=O. The van der Waals surface area contributed by atoms with Crippen LogP contribution in [-0.2, 0) is 28.6 Å². The number of rotatable bonds is 4. The summed E-state index contributed by atoms with van der Waals surface area (Å²) in [5.41, 5.74) is 0.00787. The number of carbonyl (C=O) groups is 3. The number of hydrogen-bond acceptors (Lipinski definition) is 6. The summed E-state index contributed by atoms with van der Waals surface area (Å²) in [4.78, 5) is 34.0. The predicted octanol–water partition coefficient (Wildman–Crippen LogP) is 0.132. The van der Waals surface area contributed by atoms with Gasteiger partial charge in [-0.2, -0.15) is 0 Å². The minimum atomic E-state index is -0.547. The Hall–Kier alpha value is -2.11. The molecule has 6 heteroatoms. The highest BCUT2D eigenvalue weighted by Gasteiger charge is 2.30. The average Bonchev–Trinajstić information content (AvgIpc) is 2.29. The standard InChI is InChI=1S/C11H12O6/c1-6(12)17-5-7-8(13)4-9(15-2)10(14)11(7)16-3/h4H,5H2,1-3H3. The molecule has 0 aliphatic heterocycles. The fourth-order valence-corrected chi connectivity index (χ4v) is 1.31. The molecule has 1 aliphatic rings. The van der Waals surface area contributed by atoms with Crippen LogP contribution in [0.25, 0.3) is 0 Å². The topological polar surface area (TPSA) is 78.9 Å². The average molecular weight is 240 g/mol. The van der Waals surface area contributed by atoms with Crippen molar-refractivity contribution >= 4 is 17.5 Å². The van der Waals surface area contributed by atoms with Crippen LogP contribution in [0.15, 0.2) is 23.2 Å². The van der Waals surface area contributed by atoms with Gasteiger partial charge in [0.15, 0.2) is 17.3 Å². The second-order valence-electron chi connectivity index (χ2n) is 3.20. The normalized spacial score (nSPS) is 15.6. The molecule has 0 spiro atoms. The lowest BCUT2D eigenvalue weighted by molar-refractivity contribution is -0.140. The molecule has 0 aromatic rings. The molecule has 0 saturated carbocycles. The molecule has 0 radical (unpaired) electrons. The maximum Gasteiger partial charge on any atom is 0.302 e. The highest BCUT2D eigenvalue weighted by atomic mass is 16.5. The van der Waals surface area contributed by atoms with Gasteiger partial charge in [0.1, 0.15) is 6.61 Å². The molecule has 92 valence electrons. The van der Waals surface area contributed by atoms with E-state index in [9.17, 15) is 14.4 Å². The van der Waals surface area contributed by atoms with Crippen LogP contribution in [0, 0.1) is 0 Å². The highest BCUT2D eigenvalue weighted by Crippen LogP contribution is 2.20. The zero-order valence-corrected chi connectivity index (χ0v) is 9.73. The first-order valence-electron chi connectivity index (χ1n) is 4.76. The lowest BCUT2D eigenvalue weighted by Gasteiger charge is -2.16. The minimum Gasteiger partial charge on any atom is -0.492 e. The van der Waals surface area contributed by atoms with Crippen LogP contribution in [0.4, 0.5) is 0 Å². The van der Waals surface area contributed by atoms with Crippen molar-refractivity contribution in [2.75, 3.05) is 20.8 Å². The fourth-order valence-electron chi connectivity index (χ4n) is 1.31. The van der Waals surface area contributed by atoms with Gasteiger partial charge >= 0.3 is 5.97 Å². The van der Waals surface area contributed by atoms with Gasteiger partial charge in [-0.05, 0) is 0 Å². The van der Waals surface area contributed by atoms with Gasteiger partial charge in [-0.25, -0.2) is 0 Å². The summed E-state index contributed by atoms with van der Waals surface area (Å²) in [5.74, 6) is -1.82. The van der Waals surface area contributed by atoms with E-state index < -0.39 is 17.5 Å². The van der Waals surface area contributed by atoms with E-state index in [0.717, 1.165) is 6.08 Å². The predicted molar refractivity (Wildman–Crippen MR) is 55.8 cm³/mol. The van der Waals surface area contributed by atoms with Crippen LogP contribution in [-0.4, -0.2) is 38.4 Å². The molecule has 0 atom stereocenters.